The lowest BCUT2D eigenvalue weighted by atomic mass is 9.76. The molecule has 1 fully saturated rings. The topological polar surface area (TPSA) is 90.2 Å². The van der Waals surface area contributed by atoms with Gasteiger partial charge in [-0.25, -0.2) is 4.79 Å². The third kappa shape index (κ3) is 7.96. The van der Waals surface area contributed by atoms with E-state index < -0.39 is 5.54 Å². The van der Waals surface area contributed by atoms with Gasteiger partial charge in [-0.15, -0.1) is 0 Å². The highest BCUT2D eigenvalue weighted by Crippen LogP contribution is 2.43. The van der Waals surface area contributed by atoms with E-state index in [4.69, 9.17) is 25.8 Å². The van der Waals surface area contributed by atoms with Gasteiger partial charge >= 0.3 is 11.0 Å². The molecule has 0 aliphatic carbocycles. The van der Waals surface area contributed by atoms with Gasteiger partial charge in [0.2, 0.25) is 5.88 Å². The smallest absolute Gasteiger partial charge is 0.410 e. The summed E-state index contributed by atoms with van der Waals surface area (Å²) in [5, 5.41) is 12.5. The van der Waals surface area contributed by atoms with E-state index >= 15 is 0 Å². The van der Waals surface area contributed by atoms with Gasteiger partial charge in [0.15, 0.2) is 6.10 Å². The van der Waals surface area contributed by atoms with E-state index in [-0.39, 0.29) is 29.6 Å². The Morgan fingerprint density at radius 1 is 0.755 bits per heavy atom. The molecule has 1 aliphatic heterocycles. The number of cyclic esters (lactones) is 1. The first-order valence-corrected chi connectivity index (χ1v) is 18.8. The summed E-state index contributed by atoms with van der Waals surface area (Å²) in [5.41, 5.74) is 2.44. The Balaban J connectivity index is 0.979. The van der Waals surface area contributed by atoms with Crippen LogP contribution in [0, 0.1) is 0 Å². The van der Waals surface area contributed by atoms with Crippen LogP contribution in [0.1, 0.15) is 40.0 Å². The lowest BCUT2D eigenvalue weighted by Gasteiger charge is -2.37. The number of hydrogen-bond acceptors (Lipinski definition) is 7. The highest BCUT2D eigenvalue weighted by molar-refractivity contribution is 7.09. The molecule has 0 bridgehead atoms. The number of nitrogens with zero attached hydrogens (tertiary/aromatic N) is 2. The van der Waals surface area contributed by atoms with Crippen LogP contribution in [0.2, 0.25) is 5.02 Å². The summed E-state index contributed by atoms with van der Waals surface area (Å²) in [6.07, 6.45) is 1.23. The number of thiazole rings is 1. The highest BCUT2D eigenvalue weighted by Gasteiger charge is 2.42. The van der Waals surface area contributed by atoms with Crippen LogP contribution < -0.4 is 14.3 Å². The van der Waals surface area contributed by atoms with Gasteiger partial charge in [0.05, 0.1) is 18.0 Å². The molecule has 0 saturated carbocycles. The summed E-state index contributed by atoms with van der Waals surface area (Å²) < 4.78 is 18.7. The van der Waals surface area contributed by atoms with Crippen molar-refractivity contribution in [3.05, 3.63) is 181 Å². The molecule has 2 heterocycles. The molecule has 1 amide bonds. The molecular formula is C43H39ClN2O6S. The summed E-state index contributed by atoms with van der Waals surface area (Å²) in [6.45, 7) is 1.80. The van der Waals surface area contributed by atoms with Crippen molar-refractivity contribution in [2.24, 2.45) is 0 Å². The first kappa shape index (κ1) is 35.9. The van der Waals surface area contributed by atoms with E-state index in [0.717, 1.165) is 52.2 Å². The average Bonchev–Trinajstić information content (AvgIpc) is 3.69. The lowest BCUT2D eigenvalue weighted by molar-refractivity contribution is 0.103. The first-order chi connectivity index (χ1) is 25.9. The summed E-state index contributed by atoms with van der Waals surface area (Å²) in [7, 11) is 0. The number of halogens is 1. The highest BCUT2D eigenvalue weighted by atomic mass is 35.5. The largest absolute Gasteiger partial charge is 0.494 e. The standard InChI is InChI=1S/C43H39ClN2O6S/c44-35-19-12-20-37(28-35)51-30-38-29-45(41(48)52-38)25-10-11-26-50-36-23-21-31(22-24-36)27-39-40(47)46(42(49)53-39)43(32-13-4-1-5-14-32,33-15-6-2-7-16-33)34-17-8-3-9-18-34/h1-9,12-24,28,38,47H,10-11,25-27,29-30H2. The van der Waals surface area contributed by atoms with Crippen molar-refractivity contribution in [3.8, 4) is 17.4 Å². The van der Waals surface area contributed by atoms with E-state index in [1.165, 1.54) is 0 Å². The molecule has 5 aromatic carbocycles. The molecule has 8 nitrogen and oxygen atoms in total. The van der Waals surface area contributed by atoms with E-state index in [1.807, 2.05) is 127 Å². The number of aromatic hydroxyl groups is 1. The number of unbranched alkanes of at least 4 members (excludes halogenated alkanes) is 1. The first-order valence-electron chi connectivity index (χ1n) is 17.6. The Bertz CT molecular complexity index is 2080. The van der Waals surface area contributed by atoms with E-state index in [1.54, 1.807) is 21.6 Å². The Labute approximate surface area is 317 Å². The van der Waals surface area contributed by atoms with E-state index in [2.05, 4.69) is 0 Å². The number of hydrogen-bond donors (Lipinski definition) is 1. The molecule has 0 radical (unpaired) electrons. The van der Waals surface area contributed by atoms with Gasteiger partial charge in [-0.2, -0.15) is 0 Å². The molecule has 1 aliphatic rings. The number of ether oxygens (including phenoxy) is 3. The molecule has 1 saturated heterocycles. The molecule has 10 heteroatoms. The Morgan fingerprint density at radius 2 is 1.38 bits per heavy atom. The maximum Gasteiger partial charge on any atom is 0.410 e. The van der Waals surface area contributed by atoms with Gasteiger partial charge in [0.25, 0.3) is 0 Å². The minimum Gasteiger partial charge on any atom is -0.494 e. The zero-order chi connectivity index (χ0) is 36.6. The second-order valence-electron chi connectivity index (χ2n) is 12.9. The zero-order valence-electron chi connectivity index (χ0n) is 29.0. The predicted octanol–water partition coefficient (Wildman–Crippen LogP) is 8.76. The van der Waals surface area contributed by atoms with Crippen LogP contribution in [0.25, 0.3) is 0 Å². The van der Waals surface area contributed by atoms with Crippen molar-refractivity contribution in [2.75, 3.05) is 26.3 Å². The van der Waals surface area contributed by atoms with Crippen LogP contribution in [0.3, 0.4) is 0 Å². The molecule has 1 N–H and O–H groups in total. The van der Waals surface area contributed by atoms with Gasteiger partial charge in [-0.1, -0.05) is 132 Å². The Kier molecular flexibility index (Phi) is 11.1. The second-order valence-corrected chi connectivity index (χ2v) is 14.3. The fourth-order valence-electron chi connectivity index (χ4n) is 6.82. The van der Waals surface area contributed by atoms with Crippen molar-refractivity contribution in [1.82, 2.24) is 9.47 Å². The molecule has 7 rings (SSSR count). The predicted molar refractivity (Wildman–Crippen MR) is 208 cm³/mol. The minimum atomic E-state index is -1.10. The van der Waals surface area contributed by atoms with Crippen molar-refractivity contribution < 1.29 is 24.1 Å². The van der Waals surface area contributed by atoms with Crippen molar-refractivity contribution >= 4 is 29.0 Å². The second kappa shape index (κ2) is 16.4. The maximum absolute atomic E-state index is 14.0. The Hall–Kier alpha value is -5.51. The average molecular weight is 747 g/mol. The third-order valence-corrected chi connectivity index (χ3v) is 10.5. The summed E-state index contributed by atoms with van der Waals surface area (Å²) >= 11 is 7.08. The van der Waals surface area contributed by atoms with Gasteiger partial charge in [-0.05, 0) is 65.4 Å². The van der Waals surface area contributed by atoms with Crippen molar-refractivity contribution in [2.45, 2.75) is 30.9 Å². The number of aromatic nitrogens is 1. The maximum atomic E-state index is 14.0. The monoisotopic (exact) mass is 746 g/mol. The SMILES string of the molecule is O=C1OC(COc2cccc(Cl)c2)CN1CCCCOc1ccc(Cc2sc(=O)n(C(c3ccccc3)(c3ccccc3)c3ccccc3)c2O)cc1. The number of carbonyl (C=O) groups is 1. The van der Waals surface area contributed by atoms with Gasteiger partial charge < -0.3 is 24.2 Å². The molecular weight excluding hydrogens is 708 g/mol. The third-order valence-electron chi connectivity index (χ3n) is 9.33. The number of carbonyl (C=O) groups excluding carboxylic acids is 1. The van der Waals surface area contributed by atoms with Crippen LogP contribution in [0.4, 0.5) is 4.79 Å². The summed E-state index contributed by atoms with van der Waals surface area (Å²) in [4.78, 5) is 28.4. The van der Waals surface area contributed by atoms with Crippen LogP contribution in [-0.2, 0) is 16.7 Å². The summed E-state index contributed by atoms with van der Waals surface area (Å²) in [6, 6.07) is 44.4. The normalized spacial score (nSPS) is 14.2. The Morgan fingerprint density at radius 3 is 1.98 bits per heavy atom. The van der Waals surface area contributed by atoms with Crippen molar-refractivity contribution in [3.63, 3.8) is 0 Å². The molecule has 53 heavy (non-hydrogen) atoms. The van der Waals surface area contributed by atoms with E-state index in [9.17, 15) is 14.7 Å². The van der Waals surface area contributed by atoms with Gasteiger partial charge in [0.1, 0.15) is 23.6 Å². The molecule has 6 aromatic rings. The van der Waals surface area contributed by atoms with Crippen LogP contribution in [0.5, 0.6) is 17.4 Å². The lowest BCUT2D eigenvalue weighted by Crippen LogP contribution is -2.42. The number of amides is 1. The zero-order valence-corrected chi connectivity index (χ0v) is 30.5. The van der Waals surface area contributed by atoms with E-state index in [0.29, 0.717) is 41.8 Å². The van der Waals surface area contributed by atoms with Crippen LogP contribution >= 0.6 is 22.9 Å². The van der Waals surface area contributed by atoms with Gasteiger partial charge in [0, 0.05) is 18.0 Å². The fraction of sp³-hybridized carbons (Fsp3) is 0.209. The van der Waals surface area contributed by atoms with Crippen LogP contribution in [-0.4, -0.2) is 53.1 Å². The number of rotatable bonds is 15. The number of benzene rings is 5. The van der Waals surface area contributed by atoms with Crippen LogP contribution in [0.15, 0.2) is 144 Å². The summed E-state index contributed by atoms with van der Waals surface area (Å²) in [5.74, 6) is 1.30. The van der Waals surface area contributed by atoms with Gasteiger partial charge in [-0.3, -0.25) is 9.36 Å². The fourth-order valence-corrected chi connectivity index (χ4v) is 7.94. The molecule has 1 atom stereocenters. The minimum absolute atomic E-state index is 0.0567. The van der Waals surface area contributed by atoms with Crippen molar-refractivity contribution in [1.29, 1.82) is 0 Å². The molecule has 0 spiro atoms. The molecule has 1 unspecified atom stereocenters. The molecule has 1 aromatic heterocycles. The molecule has 270 valence electrons. The quantitative estimate of drug-likeness (QED) is 0.0835.